The molecule has 0 aliphatic heterocycles. The average Bonchev–Trinajstić information content (AvgIpc) is 2.88. The van der Waals surface area contributed by atoms with E-state index in [9.17, 15) is 4.79 Å². The molecule has 2 rings (SSSR count). The second kappa shape index (κ2) is 7.06. The van der Waals surface area contributed by atoms with Crippen LogP contribution in [0.5, 0.6) is 0 Å². The summed E-state index contributed by atoms with van der Waals surface area (Å²) < 4.78 is 10.6. The number of aromatic nitrogens is 2. The Morgan fingerprint density at radius 2 is 2.17 bits per heavy atom. The minimum absolute atomic E-state index is 0.329. The van der Waals surface area contributed by atoms with Gasteiger partial charge in [-0.1, -0.05) is 11.3 Å². The van der Waals surface area contributed by atoms with Crippen molar-refractivity contribution >= 4 is 22.4 Å². The topological polar surface area (TPSA) is 64.6 Å². The lowest BCUT2D eigenvalue weighted by Crippen LogP contribution is -2.38. The summed E-state index contributed by atoms with van der Waals surface area (Å²) >= 11 is 1.43. The van der Waals surface area contributed by atoms with E-state index in [0.717, 1.165) is 21.3 Å². The van der Waals surface area contributed by atoms with E-state index in [1.54, 1.807) is 26.6 Å². The van der Waals surface area contributed by atoms with Crippen LogP contribution in [0, 0.1) is 6.92 Å². The van der Waals surface area contributed by atoms with E-state index >= 15 is 0 Å². The molecule has 2 heterocycles. The normalized spacial score (nSPS) is 11.3. The number of hydrogen-bond acceptors (Lipinski definition) is 6. The summed E-state index contributed by atoms with van der Waals surface area (Å²) in [5.74, 6) is 0. The molecular weight excluding hydrogens is 314 g/mol. The lowest BCUT2D eigenvalue weighted by Gasteiger charge is -2.27. The first kappa shape index (κ1) is 17.4. The summed E-state index contributed by atoms with van der Waals surface area (Å²) in [6, 6.07) is 3.80. The highest BCUT2D eigenvalue weighted by Crippen LogP contribution is 2.34. The summed E-state index contributed by atoms with van der Waals surface area (Å²) in [7, 11) is 3.26. The van der Waals surface area contributed by atoms with Gasteiger partial charge in [-0.05, 0) is 32.9 Å². The molecule has 1 amide bonds. The third kappa shape index (κ3) is 4.27. The SMILES string of the molecule is COCC(C)(C)OC(=O)N(C)c1sc(-c2cccnc2)nc1C. The minimum Gasteiger partial charge on any atom is -0.441 e. The van der Waals surface area contributed by atoms with Crippen LogP contribution in [0.1, 0.15) is 19.5 Å². The highest BCUT2D eigenvalue weighted by molar-refractivity contribution is 7.19. The Morgan fingerprint density at radius 3 is 2.78 bits per heavy atom. The maximum atomic E-state index is 12.3. The van der Waals surface area contributed by atoms with Crippen LogP contribution < -0.4 is 4.90 Å². The van der Waals surface area contributed by atoms with Gasteiger partial charge in [-0.2, -0.15) is 0 Å². The third-order valence-corrected chi connectivity index (χ3v) is 4.40. The van der Waals surface area contributed by atoms with Crippen molar-refractivity contribution in [2.45, 2.75) is 26.4 Å². The molecule has 0 aliphatic carbocycles. The van der Waals surface area contributed by atoms with Gasteiger partial charge in [-0.3, -0.25) is 9.88 Å². The van der Waals surface area contributed by atoms with Gasteiger partial charge in [0, 0.05) is 32.1 Å². The zero-order valence-corrected chi connectivity index (χ0v) is 14.8. The molecule has 7 heteroatoms. The molecule has 2 aromatic heterocycles. The van der Waals surface area contributed by atoms with Gasteiger partial charge < -0.3 is 9.47 Å². The van der Waals surface area contributed by atoms with Gasteiger partial charge in [0.2, 0.25) is 0 Å². The van der Waals surface area contributed by atoms with Crippen molar-refractivity contribution in [2.75, 3.05) is 25.7 Å². The monoisotopic (exact) mass is 335 g/mol. The smallest absolute Gasteiger partial charge is 0.415 e. The lowest BCUT2D eigenvalue weighted by atomic mass is 10.1. The molecule has 0 atom stereocenters. The van der Waals surface area contributed by atoms with Crippen molar-refractivity contribution < 1.29 is 14.3 Å². The Bertz CT molecular complexity index is 670. The molecule has 0 aromatic carbocycles. The number of ether oxygens (including phenoxy) is 2. The van der Waals surface area contributed by atoms with Crippen LogP contribution >= 0.6 is 11.3 Å². The Balaban J connectivity index is 2.18. The molecule has 0 spiro atoms. The minimum atomic E-state index is -0.690. The number of aryl methyl sites for hydroxylation is 1. The molecule has 0 fully saturated rings. The summed E-state index contributed by atoms with van der Waals surface area (Å²) in [5, 5.41) is 1.57. The second-order valence-electron chi connectivity index (χ2n) is 5.77. The zero-order valence-electron chi connectivity index (χ0n) is 14.0. The van der Waals surface area contributed by atoms with Gasteiger partial charge >= 0.3 is 6.09 Å². The number of amides is 1. The number of carbonyl (C=O) groups excluding carboxylic acids is 1. The summed E-state index contributed by atoms with van der Waals surface area (Å²) in [6.45, 7) is 5.82. The Hall–Kier alpha value is -1.99. The molecule has 0 saturated carbocycles. The molecular formula is C16H21N3O3S. The fraction of sp³-hybridized carbons (Fsp3) is 0.438. The molecule has 2 aromatic rings. The number of carbonyl (C=O) groups is 1. The summed E-state index contributed by atoms with van der Waals surface area (Å²) in [6.07, 6.45) is 3.03. The maximum absolute atomic E-state index is 12.3. The van der Waals surface area contributed by atoms with E-state index in [1.165, 1.54) is 16.2 Å². The van der Waals surface area contributed by atoms with Crippen LogP contribution in [-0.2, 0) is 9.47 Å². The Labute approximate surface area is 140 Å². The quantitative estimate of drug-likeness (QED) is 0.836. The average molecular weight is 335 g/mol. The first-order valence-electron chi connectivity index (χ1n) is 7.17. The van der Waals surface area contributed by atoms with Gasteiger partial charge in [-0.25, -0.2) is 9.78 Å². The van der Waals surface area contributed by atoms with Crippen LogP contribution in [0.3, 0.4) is 0 Å². The molecule has 23 heavy (non-hydrogen) atoms. The van der Waals surface area contributed by atoms with Crippen molar-refractivity contribution in [1.29, 1.82) is 0 Å². The van der Waals surface area contributed by atoms with Crippen molar-refractivity contribution in [2.24, 2.45) is 0 Å². The molecule has 0 aliphatic rings. The first-order chi connectivity index (χ1) is 10.8. The van der Waals surface area contributed by atoms with Crippen molar-refractivity contribution in [3.63, 3.8) is 0 Å². The standard InChI is InChI=1S/C16H21N3O3S/c1-11-14(19(4)15(20)22-16(2,3)10-21-5)23-13(18-11)12-7-6-8-17-9-12/h6-9H,10H2,1-5H3. The van der Waals surface area contributed by atoms with Crippen molar-refractivity contribution in [3.05, 3.63) is 30.2 Å². The molecule has 0 bridgehead atoms. The molecule has 6 nitrogen and oxygen atoms in total. The summed E-state index contributed by atoms with van der Waals surface area (Å²) in [4.78, 5) is 22.4. The maximum Gasteiger partial charge on any atom is 0.415 e. The van der Waals surface area contributed by atoms with E-state index in [0.29, 0.717) is 6.61 Å². The lowest BCUT2D eigenvalue weighted by molar-refractivity contribution is -0.0149. The van der Waals surface area contributed by atoms with Crippen LogP contribution in [0.2, 0.25) is 0 Å². The van der Waals surface area contributed by atoms with E-state index in [2.05, 4.69) is 9.97 Å². The van der Waals surface area contributed by atoms with Gasteiger partial charge in [0.15, 0.2) is 0 Å². The van der Waals surface area contributed by atoms with Crippen LogP contribution in [-0.4, -0.2) is 42.4 Å². The third-order valence-electron chi connectivity index (χ3n) is 3.11. The van der Waals surface area contributed by atoms with E-state index in [-0.39, 0.29) is 0 Å². The van der Waals surface area contributed by atoms with Gasteiger partial charge in [0.05, 0.1) is 12.3 Å². The van der Waals surface area contributed by atoms with Gasteiger partial charge in [0.1, 0.15) is 15.6 Å². The number of methoxy groups -OCH3 is 1. The number of nitrogens with zero attached hydrogens (tertiary/aromatic N) is 3. The van der Waals surface area contributed by atoms with Crippen LogP contribution in [0.25, 0.3) is 10.6 Å². The second-order valence-corrected chi connectivity index (χ2v) is 6.75. The fourth-order valence-corrected chi connectivity index (χ4v) is 3.09. The molecule has 0 N–H and O–H groups in total. The fourth-order valence-electron chi connectivity index (χ4n) is 2.08. The van der Waals surface area contributed by atoms with Crippen molar-refractivity contribution in [1.82, 2.24) is 9.97 Å². The highest BCUT2D eigenvalue weighted by atomic mass is 32.1. The van der Waals surface area contributed by atoms with E-state index < -0.39 is 11.7 Å². The van der Waals surface area contributed by atoms with Gasteiger partial charge in [0.25, 0.3) is 0 Å². The number of thiazole rings is 1. The predicted molar refractivity (Wildman–Crippen MR) is 90.9 cm³/mol. The Kier molecular flexibility index (Phi) is 5.33. The van der Waals surface area contributed by atoms with Crippen LogP contribution in [0.15, 0.2) is 24.5 Å². The zero-order chi connectivity index (χ0) is 17.0. The molecule has 0 radical (unpaired) electrons. The molecule has 124 valence electrons. The van der Waals surface area contributed by atoms with Crippen molar-refractivity contribution in [3.8, 4) is 10.6 Å². The predicted octanol–water partition coefficient (Wildman–Crippen LogP) is 3.51. The number of anilines is 1. The number of pyridine rings is 1. The van der Waals surface area contributed by atoms with Gasteiger partial charge in [-0.15, -0.1) is 0 Å². The largest absolute Gasteiger partial charge is 0.441 e. The molecule has 0 saturated heterocycles. The number of hydrogen-bond donors (Lipinski definition) is 0. The Morgan fingerprint density at radius 1 is 1.43 bits per heavy atom. The summed E-state index contributed by atoms with van der Waals surface area (Å²) in [5.41, 5.74) is 1.01. The van der Waals surface area contributed by atoms with E-state index in [4.69, 9.17) is 9.47 Å². The molecule has 0 unspecified atom stereocenters. The van der Waals surface area contributed by atoms with E-state index in [1.807, 2.05) is 32.9 Å². The number of rotatable bonds is 5. The van der Waals surface area contributed by atoms with Crippen LogP contribution in [0.4, 0.5) is 9.80 Å². The highest BCUT2D eigenvalue weighted by Gasteiger charge is 2.27. The first-order valence-corrected chi connectivity index (χ1v) is 7.99.